The fourth-order valence-electron chi connectivity index (χ4n) is 2.83. The van der Waals surface area contributed by atoms with Crippen molar-refractivity contribution in [3.05, 3.63) is 71.8 Å². The Labute approximate surface area is 208 Å². The van der Waals surface area contributed by atoms with Crippen molar-refractivity contribution in [1.29, 1.82) is 10.5 Å². The van der Waals surface area contributed by atoms with Crippen molar-refractivity contribution in [1.82, 2.24) is 0 Å². The Morgan fingerprint density at radius 1 is 0.543 bits per heavy atom. The first-order valence-corrected chi connectivity index (χ1v) is 11.3. The van der Waals surface area contributed by atoms with E-state index in [-0.39, 0.29) is 13.2 Å². The number of ether oxygens (including phenoxy) is 2. The molecule has 0 radical (unpaired) electrons. The molecule has 0 N–H and O–H groups in total. The van der Waals surface area contributed by atoms with Crippen LogP contribution in [-0.4, -0.2) is 26.4 Å². The smallest absolute Gasteiger partial charge is 0.145 e. The van der Waals surface area contributed by atoms with Gasteiger partial charge in [-0.2, -0.15) is 10.5 Å². The summed E-state index contributed by atoms with van der Waals surface area (Å²) in [7, 11) is 0. The zero-order valence-electron chi connectivity index (χ0n) is 19.6. The standard InChI is InChI=1S/C31H26N2O2/c32-27-31(28-33,21-9-3-11-23-34-25-13-19-29-15-5-1-6-16-29)22-10-4-12-24-35-26-14-20-30-17-7-2-8-18-30/h1-2,5-8,15-18H,9-10,21-26H2. The van der Waals surface area contributed by atoms with E-state index in [9.17, 15) is 10.5 Å². The summed E-state index contributed by atoms with van der Waals surface area (Å²) in [6, 6.07) is 23.7. The summed E-state index contributed by atoms with van der Waals surface area (Å²) in [5.74, 6) is 23.6. The van der Waals surface area contributed by atoms with E-state index < -0.39 is 5.41 Å². The molecule has 0 saturated carbocycles. The van der Waals surface area contributed by atoms with E-state index in [2.05, 4.69) is 59.5 Å². The maximum Gasteiger partial charge on any atom is 0.145 e. The highest BCUT2D eigenvalue weighted by Crippen LogP contribution is 2.27. The van der Waals surface area contributed by atoms with Gasteiger partial charge in [-0.25, -0.2) is 0 Å². The Balaban J connectivity index is 1.61. The predicted octanol–water partition coefficient (Wildman–Crippen LogP) is 4.72. The molecule has 0 atom stereocenters. The van der Waals surface area contributed by atoms with Crippen molar-refractivity contribution in [2.75, 3.05) is 26.4 Å². The van der Waals surface area contributed by atoms with Crippen LogP contribution < -0.4 is 0 Å². The summed E-state index contributed by atoms with van der Waals surface area (Å²) in [4.78, 5) is 0. The Hall–Kier alpha value is -4.42. The number of nitriles is 2. The quantitative estimate of drug-likeness (QED) is 0.424. The van der Waals surface area contributed by atoms with Crippen LogP contribution in [0.3, 0.4) is 0 Å². The monoisotopic (exact) mass is 458 g/mol. The fourth-order valence-corrected chi connectivity index (χ4v) is 2.83. The molecule has 0 unspecified atom stereocenters. The van der Waals surface area contributed by atoms with E-state index in [4.69, 9.17) is 9.47 Å². The SMILES string of the molecule is N#CC(C#N)(CCC#CCOCC#Cc1ccccc1)CCC#CCOCC#Cc1ccccc1. The average Bonchev–Trinajstić information content (AvgIpc) is 2.91. The summed E-state index contributed by atoms with van der Waals surface area (Å²) in [5.41, 5.74) is 0.793. The van der Waals surface area contributed by atoms with Crippen LogP contribution >= 0.6 is 0 Å². The first kappa shape index (κ1) is 26.8. The Morgan fingerprint density at radius 3 is 1.34 bits per heavy atom. The van der Waals surface area contributed by atoms with E-state index in [1.807, 2.05) is 60.7 Å². The fraction of sp³-hybridized carbons (Fsp3) is 0.290. The van der Waals surface area contributed by atoms with Crippen molar-refractivity contribution in [2.45, 2.75) is 25.7 Å². The normalized spacial score (nSPS) is 9.31. The van der Waals surface area contributed by atoms with Crippen molar-refractivity contribution in [2.24, 2.45) is 5.41 Å². The molecule has 0 aliphatic rings. The summed E-state index contributed by atoms with van der Waals surface area (Å²) in [5, 5.41) is 19.0. The molecule has 35 heavy (non-hydrogen) atoms. The van der Waals surface area contributed by atoms with Crippen LogP contribution in [0.5, 0.6) is 0 Å². The van der Waals surface area contributed by atoms with Gasteiger partial charge in [-0.05, 0) is 37.1 Å². The number of rotatable bonds is 8. The summed E-state index contributed by atoms with van der Waals surface area (Å²) >= 11 is 0. The van der Waals surface area contributed by atoms with Crippen LogP contribution in [0.1, 0.15) is 36.8 Å². The van der Waals surface area contributed by atoms with Gasteiger partial charge >= 0.3 is 0 Å². The van der Waals surface area contributed by atoms with Gasteiger partial charge < -0.3 is 9.47 Å². The maximum absolute atomic E-state index is 9.52. The lowest BCUT2D eigenvalue weighted by molar-refractivity contribution is 0.204. The summed E-state index contributed by atoms with van der Waals surface area (Å²) in [6.45, 7) is 1.12. The lowest BCUT2D eigenvalue weighted by atomic mass is 9.82. The molecule has 0 saturated heterocycles. The van der Waals surface area contributed by atoms with Crippen LogP contribution in [0.15, 0.2) is 60.7 Å². The topological polar surface area (TPSA) is 66.0 Å². The molecule has 0 aromatic heterocycles. The molecule has 4 heteroatoms. The summed E-state index contributed by atoms with van der Waals surface area (Å²) in [6.07, 6.45) is 1.62. The maximum atomic E-state index is 9.52. The molecule has 0 spiro atoms. The van der Waals surface area contributed by atoms with E-state index in [1.54, 1.807) is 0 Å². The molecule has 4 nitrogen and oxygen atoms in total. The zero-order chi connectivity index (χ0) is 24.9. The minimum atomic E-state index is -1.09. The van der Waals surface area contributed by atoms with Crippen LogP contribution in [0.25, 0.3) is 0 Å². The first-order chi connectivity index (χ1) is 17.3. The Bertz CT molecular complexity index is 1140. The van der Waals surface area contributed by atoms with E-state index in [1.165, 1.54) is 0 Å². The number of hydrogen-bond acceptors (Lipinski definition) is 4. The van der Waals surface area contributed by atoms with Gasteiger partial charge in [0.25, 0.3) is 0 Å². The molecule has 172 valence electrons. The molecule has 2 rings (SSSR count). The van der Waals surface area contributed by atoms with Crippen molar-refractivity contribution in [3.63, 3.8) is 0 Å². The minimum absolute atomic E-state index is 0.261. The molecule has 0 aliphatic carbocycles. The second kappa shape index (κ2) is 17.1. The third kappa shape index (κ3) is 11.8. The third-order valence-corrected chi connectivity index (χ3v) is 4.74. The number of hydrogen-bond donors (Lipinski definition) is 0. The van der Waals surface area contributed by atoms with E-state index in [0.29, 0.717) is 38.9 Å². The predicted molar refractivity (Wildman–Crippen MR) is 136 cm³/mol. The summed E-state index contributed by atoms with van der Waals surface area (Å²) < 4.78 is 10.7. The van der Waals surface area contributed by atoms with Gasteiger partial charge in [0.1, 0.15) is 31.8 Å². The van der Waals surface area contributed by atoms with Crippen LogP contribution in [0, 0.1) is 75.4 Å². The lowest BCUT2D eigenvalue weighted by Crippen LogP contribution is -2.15. The molecule has 0 amide bonds. The Morgan fingerprint density at radius 2 is 0.943 bits per heavy atom. The molecular weight excluding hydrogens is 432 g/mol. The zero-order valence-corrected chi connectivity index (χ0v) is 19.6. The first-order valence-electron chi connectivity index (χ1n) is 11.3. The van der Waals surface area contributed by atoms with Gasteiger partial charge in [0.2, 0.25) is 0 Å². The highest BCUT2D eigenvalue weighted by molar-refractivity contribution is 5.34. The Kier molecular flexibility index (Phi) is 13.1. The minimum Gasteiger partial charge on any atom is -0.356 e. The van der Waals surface area contributed by atoms with Crippen LogP contribution in [0.2, 0.25) is 0 Å². The molecular formula is C31H26N2O2. The molecule has 0 fully saturated rings. The van der Waals surface area contributed by atoms with E-state index in [0.717, 1.165) is 11.1 Å². The van der Waals surface area contributed by atoms with E-state index >= 15 is 0 Å². The van der Waals surface area contributed by atoms with Gasteiger partial charge in [-0.15, -0.1) is 11.8 Å². The molecule has 0 bridgehead atoms. The van der Waals surface area contributed by atoms with Gasteiger partial charge in [0.05, 0.1) is 12.1 Å². The molecule has 2 aromatic carbocycles. The largest absolute Gasteiger partial charge is 0.356 e. The van der Waals surface area contributed by atoms with Crippen molar-refractivity contribution in [3.8, 4) is 59.5 Å². The van der Waals surface area contributed by atoms with Crippen molar-refractivity contribution >= 4 is 0 Å². The third-order valence-electron chi connectivity index (χ3n) is 4.74. The van der Waals surface area contributed by atoms with Gasteiger partial charge in [-0.1, -0.05) is 71.9 Å². The van der Waals surface area contributed by atoms with Crippen LogP contribution in [-0.2, 0) is 9.47 Å². The molecule has 0 aliphatic heterocycles. The van der Waals surface area contributed by atoms with Crippen molar-refractivity contribution < 1.29 is 9.47 Å². The van der Waals surface area contributed by atoms with Gasteiger partial charge in [-0.3, -0.25) is 0 Å². The van der Waals surface area contributed by atoms with Crippen LogP contribution in [0.4, 0.5) is 0 Å². The highest BCUT2D eigenvalue weighted by atomic mass is 16.5. The average molecular weight is 459 g/mol. The second-order valence-corrected chi connectivity index (χ2v) is 7.33. The lowest BCUT2D eigenvalue weighted by Gasteiger charge is -2.15. The van der Waals surface area contributed by atoms with Gasteiger partial charge in [0.15, 0.2) is 0 Å². The number of nitrogens with zero attached hydrogens (tertiary/aromatic N) is 2. The second-order valence-electron chi connectivity index (χ2n) is 7.33. The molecule has 0 heterocycles. The highest BCUT2D eigenvalue weighted by Gasteiger charge is 2.28. The van der Waals surface area contributed by atoms with Gasteiger partial charge in [0, 0.05) is 24.0 Å². The number of benzene rings is 2. The molecule has 2 aromatic rings.